The van der Waals surface area contributed by atoms with Gasteiger partial charge in [-0.3, -0.25) is 0 Å². The maximum absolute atomic E-state index is 11.0. The van der Waals surface area contributed by atoms with E-state index in [1.165, 1.54) is 24.1 Å². The summed E-state index contributed by atoms with van der Waals surface area (Å²) >= 11 is 0. The van der Waals surface area contributed by atoms with Crippen LogP contribution in [0.2, 0.25) is 0 Å². The van der Waals surface area contributed by atoms with Crippen molar-refractivity contribution >= 4 is 11.8 Å². The Kier molecular flexibility index (Phi) is 9.93. The minimum atomic E-state index is -0.393. The number of carbonyl (C=O) groups excluding carboxylic acids is 1. The van der Waals surface area contributed by atoms with Crippen LogP contribution in [-0.4, -0.2) is 31.3 Å². The van der Waals surface area contributed by atoms with Crippen LogP contribution < -0.4 is 10.2 Å². The lowest BCUT2D eigenvalue weighted by molar-refractivity contribution is 0.0527. The molecule has 1 aromatic rings. The molecule has 1 aromatic carbocycles. The first-order chi connectivity index (χ1) is 13.3. The number of hydrogen-bond donors (Lipinski definition) is 1. The van der Waals surface area contributed by atoms with E-state index in [1.807, 2.05) is 20.8 Å². The Morgan fingerprint density at radius 3 is 2.36 bits per heavy atom. The third-order valence-corrected chi connectivity index (χ3v) is 4.52. The van der Waals surface area contributed by atoms with Crippen LogP contribution >= 0.6 is 0 Å². The fourth-order valence-corrected chi connectivity index (χ4v) is 2.89. The van der Waals surface area contributed by atoms with Gasteiger partial charge in [-0.25, -0.2) is 4.79 Å². The third kappa shape index (κ3) is 8.69. The molecule has 1 saturated carbocycles. The fourth-order valence-electron chi connectivity index (χ4n) is 2.89. The summed E-state index contributed by atoms with van der Waals surface area (Å²) in [4.78, 5) is 13.4. The summed E-state index contributed by atoms with van der Waals surface area (Å²) in [6, 6.07) is 6.46. The number of carbonyl (C=O) groups is 1. The van der Waals surface area contributed by atoms with Crippen LogP contribution in [0.3, 0.4) is 0 Å². The van der Waals surface area contributed by atoms with E-state index in [1.54, 1.807) is 0 Å². The summed E-state index contributed by atoms with van der Waals surface area (Å²) in [5, 5.41) is 2.68. The Balaban J connectivity index is 0.000000295. The molecule has 0 saturated heterocycles. The molecule has 0 unspecified atom stereocenters. The minimum Gasteiger partial charge on any atom is -0.444 e. The number of anilines is 1. The van der Waals surface area contributed by atoms with Crippen LogP contribution in [0.4, 0.5) is 10.5 Å². The molecule has 4 heteroatoms. The molecule has 2 rings (SSSR count). The van der Waals surface area contributed by atoms with Crippen LogP contribution in [0.25, 0.3) is 0 Å². The van der Waals surface area contributed by atoms with Crippen molar-refractivity contribution in [3.8, 4) is 12.3 Å². The number of rotatable bonds is 7. The quantitative estimate of drug-likeness (QED) is 0.482. The van der Waals surface area contributed by atoms with Crippen molar-refractivity contribution < 1.29 is 9.53 Å². The normalized spacial score (nSPS) is 13.0. The van der Waals surface area contributed by atoms with E-state index in [0.29, 0.717) is 6.54 Å². The van der Waals surface area contributed by atoms with Crippen molar-refractivity contribution in [1.82, 2.24) is 5.32 Å². The lowest BCUT2D eigenvalue weighted by Crippen LogP contribution is -2.32. The number of amides is 1. The van der Waals surface area contributed by atoms with Gasteiger partial charge in [0, 0.05) is 30.9 Å². The summed E-state index contributed by atoms with van der Waals surface area (Å²) in [5.74, 6) is 3.51. The van der Waals surface area contributed by atoms with Gasteiger partial charge in [-0.15, -0.1) is 6.42 Å². The van der Waals surface area contributed by atoms with Crippen molar-refractivity contribution in [3.63, 3.8) is 0 Å². The Morgan fingerprint density at radius 2 is 1.89 bits per heavy atom. The van der Waals surface area contributed by atoms with Gasteiger partial charge < -0.3 is 15.0 Å². The molecule has 1 aliphatic rings. The number of nitrogens with zero attached hydrogens (tertiary/aromatic N) is 1. The van der Waals surface area contributed by atoms with Crippen LogP contribution in [0, 0.1) is 12.3 Å². The molecule has 28 heavy (non-hydrogen) atoms. The van der Waals surface area contributed by atoms with Crippen molar-refractivity contribution in [2.75, 3.05) is 24.5 Å². The van der Waals surface area contributed by atoms with Crippen molar-refractivity contribution in [2.24, 2.45) is 0 Å². The highest BCUT2D eigenvalue weighted by Crippen LogP contribution is 2.44. The Morgan fingerprint density at radius 1 is 1.25 bits per heavy atom. The molecule has 0 aromatic heterocycles. The minimum absolute atomic E-state index is 0.323. The van der Waals surface area contributed by atoms with Crippen LogP contribution in [0.15, 0.2) is 18.2 Å². The molecule has 0 aliphatic heterocycles. The smallest absolute Gasteiger partial charge is 0.407 e. The van der Waals surface area contributed by atoms with Gasteiger partial charge in [-0.2, -0.15) is 0 Å². The van der Waals surface area contributed by atoms with Crippen LogP contribution in [0.1, 0.15) is 84.3 Å². The van der Waals surface area contributed by atoms with E-state index in [2.05, 4.69) is 55.1 Å². The summed E-state index contributed by atoms with van der Waals surface area (Å²) in [5.41, 5.74) is 3.44. The van der Waals surface area contributed by atoms with Gasteiger partial charge >= 0.3 is 6.09 Å². The van der Waals surface area contributed by atoms with Crippen molar-refractivity contribution in [2.45, 2.75) is 78.7 Å². The number of ether oxygens (including phenoxy) is 1. The lowest BCUT2D eigenvalue weighted by Gasteiger charge is -2.24. The van der Waals surface area contributed by atoms with Gasteiger partial charge in [-0.1, -0.05) is 25.3 Å². The molecule has 0 spiro atoms. The van der Waals surface area contributed by atoms with E-state index in [-0.39, 0.29) is 6.09 Å². The number of unbranched alkanes of at least 4 members (excludes halogenated alkanes) is 1. The second-order valence-electron chi connectivity index (χ2n) is 8.15. The van der Waals surface area contributed by atoms with Gasteiger partial charge in [0.05, 0.1) is 0 Å². The van der Waals surface area contributed by atoms with Gasteiger partial charge in [0.25, 0.3) is 0 Å². The van der Waals surface area contributed by atoms with E-state index in [4.69, 9.17) is 11.2 Å². The average molecular weight is 387 g/mol. The lowest BCUT2D eigenvalue weighted by atomic mass is 10.0. The zero-order valence-corrected chi connectivity index (χ0v) is 18.6. The van der Waals surface area contributed by atoms with Crippen molar-refractivity contribution in [3.05, 3.63) is 29.3 Å². The summed E-state index contributed by atoms with van der Waals surface area (Å²) < 4.78 is 5.03. The molecular weight excluding hydrogens is 348 g/mol. The molecule has 1 amide bonds. The van der Waals surface area contributed by atoms with Crippen LogP contribution in [0.5, 0.6) is 0 Å². The van der Waals surface area contributed by atoms with Gasteiger partial charge in [0.2, 0.25) is 0 Å². The highest BCUT2D eigenvalue weighted by atomic mass is 16.6. The summed E-state index contributed by atoms with van der Waals surface area (Å²) in [6.45, 7) is 14.8. The first-order valence-corrected chi connectivity index (χ1v) is 10.6. The Hall–Kier alpha value is -2.15. The standard InChI is InChI=1S/C15H19N.C9H19NO2/c1-4-12-7-10-14(13-8-9-13)15(11-12)16(5-2)6-3;1-5-6-7-10-8(11)12-9(2,3)4/h1,7,10-11,13H,5-6,8-9H2,2-3H3;5-7H2,1-4H3,(H,10,11). The molecule has 1 N–H and O–H groups in total. The molecule has 156 valence electrons. The molecule has 0 heterocycles. The number of hydrogen-bond acceptors (Lipinski definition) is 3. The Labute approximate surface area is 172 Å². The Bertz CT molecular complexity index is 648. The highest BCUT2D eigenvalue weighted by Gasteiger charge is 2.27. The van der Waals surface area contributed by atoms with E-state index in [9.17, 15) is 4.79 Å². The number of benzene rings is 1. The maximum Gasteiger partial charge on any atom is 0.407 e. The summed E-state index contributed by atoms with van der Waals surface area (Å²) in [6.07, 6.45) is 9.90. The van der Waals surface area contributed by atoms with Crippen LogP contribution in [-0.2, 0) is 4.74 Å². The average Bonchev–Trinajstić information content (AvgIpc) is 3.47. The second kappa shape index (κ2) is 11.6. The largest absolute Gasteiger partial charge is 0.444 e. The predicted molar refractivity (Wildman–Crippen MR) is 119 cm³/mol. The maximum atomic E-state index is 11.0. The van der Waals surface area contributed by atoms with E-state index in [0.717, 1.165) is 37.4 Å². The first kappa shape index (κ1) is 23.9. The monoisotopic (exact) mass is 386 g/mol. The third-order valence-electron chi connectivity index (χ3n) is 4.52. The second-order valence-corrected chi connectivity index (χ2v) is 8.15. The zero-order chi connectivity index (χ0) is 21.2. The van der Waals surface area contributed by atoms with Gasteiger partial charge in [-0.05, 0) is 77.5 Å². The predicted octanol–water partition coefficient (Wildman–Crippen LogP) is 5.70. The molecule has 4 nitrogen and oxygen atoms in total. The van der Waals surface area contributed by atoms with Gasteiger partial charge in [0.15, 0.2) is 0 Å². The SMILES string of the molecule is C#Cc1ccc(C2CC2)c(N(CC)CC)c1.CCCCNC(=O)OC(C)(C)C. The zero-order valence-electron chi connectivity index (χ0n) is 18.6. The fraction of sp³-hybridized carbons (Fsp3) is 0.625. The number of terminal acetylenes is 1. The number of alkyl carbamates (subject to hydrolysis) is 1. The summed E-state index contributed by atoms with van der Waals surface area (Å²) in [7, 11) is 0. The van der Waals surface area contributed by atoms with E-state index < -0.39 is 5.60 Å². The van der Waals surface area contributed by atoms with Crippen molar-refractivity contribution in [1.29, 1.82) is 0 Å². The van der Waals surface area contributed by atoms with Gasteiger partial charge in [0.1, 0.15) is 5.60 Å². The molecule has 0 bridgehead atoms. The highest BCUT2D eigenvalue weighted by molar-refractivity contribution is 5.67. The molecular formula is C24H38N2O2. The molecule has 0 radical (unpaired) electrons. The molecule has 1 aliphatic carbocycles. The topological polar surface area (TPSA) is 41.6 Å². The molecule has 0 atom stereocenters. The van der Waals surface area contributed by atoms with E-state index >= 15 is 0 Å². The number of nitrogens with one attached hydrogen (secondary N) is 1. The molecule has 1 fully saturated rings. The first-order valence-electron chi connectivity index (χ1n) is 10.6.